The van der Waals surface area contributed by atoms with Gasteiger partial charge in [-0.15, -0.1) is 11.3 Å². The molecule has 0 saturated carbocycles. The first-order chi connectivity index (χ1) is 13.3. The minimum atomic E-state index is -0.192. The number of likely N-dealkylation sites (N-methyl/N-ethyl adjacent to an activating group) is 1. The van der Waals surface area contributed by atoms with Gasteiger partial charge in [-0.1, -0.05) is 6.07 Å². The number of aryl methyl sites for hydroxylation is 2. The molecule has 0 spiro atoms. The molecule has 148 valence electrons. The maximum Gasteiger partial charge on any atom is 0.255 e. The highest BCUT2D eigenvalue weighted by atomic mass is 32.1. The van der Waals surface area contributed by atoms with Crippen LogP contribution in [0.4, 0.5) is 0 Å². The van der Waals surface area contributed by atoms with E-state index in [1.54, 1.807) is 20.9 Å². The molecule has 0 aliphatic heterocycles. The minimum absolute atomic E-state index is 0.0188. The second-order valence-corrected chi connectivity index (χ2v) is 7.93. The number of fused-ring (bicyclic) bond motifs is 1. The van der Waals surface area contributed by atoms with Crippen LogP contribution in [0, 0.1) is 6.92 Å². The Morgan fingerprint density at radius 2 is 2.11 bits per heavy atom. The fourth-order valence-electron chi connectivity index (χ4n) is 3.20. The maximum absolute atomic E-state index is 13.4. The molecule has 0 atom stereocenters. The standard InChI is InChI=1S/C20H25N5O2S/c1-6-25(11-17(26)21-12(2)3)20(27)14-10-15(16-8-7-9-28-16)22-19-18(14)13(4)23-24(19)5/h7-10,12H,6,11H2,1-5H3,(H,21,26). The summed E-state index contributed by atoms with van der Waals surface area (Å²) in [6.07, 6.45) is 0. The molecule has 3 aromatic heterocycles. The number of nitrogens with one attached hydrogen (secondary N) is 1. The Bertz CT molecular complexity index is 1010. The predicted molar refractivity (Wildman–Crippen MR) is 111 cm³/mol. The number of rotatable bonds is 6. The fourth-order valence-corrected chi connectivity index (χ4v) is 3.89. The normalized spacial score (nSPS) is 11.2. The van der Waals surface area contributed by atoms with Crippen LogP contribution in [0.2, 0.25) is 0 Å². The van der Waals surface area contributed by atoms with Gasteiger partial charge in [0.1, 0.15) is 0 Å². The van der Waals surface area contributed by atoms with Gasteiger partial charge >= 0.3 is 0 Å². The molecule has 2 amide bonds. The number of carbonyl (C=O) groups excluding carboxylic acids is 2. The molecule has 0 unspecified atom stereocenters. The summed E-state index contributed by atoms with van der Waals surface area (Å²) in [5, 5.41) is 10.00. The minimum Gasteiger partial charge on any atom is -0.352 e. The Morgan fingerprint density at radius 3 is 2.71 bits per heavy atom. The molecule has 0 aliphatic rings. The van der Waals surface area contributed by atoms with Crippen molar-refractivity contribution >= 4 is 34.2 Å². The molecule has 0 radical (unpaired) electrons. The zero-order valence-electron chi connectivity index (χ0n) is 16.8. The summed E-state index contributed by atoms with van der Waals surface area (Å²) in [6.45, 7) is 7.98. The monoisotopic (exact) mass is 399 g/mol. The van der Waals surface area contributed by atoms with E-state index in [0.29, 0.717) is 17.8 Å². The summed E-state index contributed by atoms with van der Waals surface area (Å²) in [7, 11) is 1.82. The van der Waals surface area contributed by atoms with Crippen LogP contribution >= 0.6 is 11.3 Å². The Kier molecular flexibility index (Phi) is 5.79. The summed E-state index contributed by atoms with van der Waals surface area (Å²) in [6, 6.07) is 5.77. The number of nitrogens with zero attached hydrogens (tertiary/aromatic N) is 4. The highest BCUT2D eigenvalue weighted by molar-refractivity contribution is 7.13. The average molecular weight is 400 g/mol. The Balaban J connectivity index is 2.07. The van der Waals surface area contributed by atoms with Gasteiger partial charge in [0.05, 0.1) is 33.8 Å². The summed E-state index contributed by atoms with van der Waals surface area (Å²) in [5.41, 5.74) is 2.66. The number of carbonyl (C=O) groups is 2. The van der Waals surface area contributed by atoms with Gasteiger partial charge in [0.2, 0.25) is 5.91 Å². The van der Waals surface area contributed by atoms with Crippen LogP contribution in [0.15, 0.2) is 23.6 Å². The van der Waals surface area contributed by atoms with E-state index in [4.69, 9.17) is 4.98 Å². The van der Waals surface area contributed by atoms with Crippen molar-refractivity contribution in [3.05, 3.63) is 34.8 Å². The molecule has 3 heterocycles. The number of thiophene rings is 1. The number of aromatic nitrogens is 3. The fraction of sp³-hybridized carbons (Fsp3) is 0.400. The highest BCUT2D eigenvalue weighted by Gasteiger charge is 2.24. The lowest BCUT2D eigenvalue weighted by molar-refractivity contribution is -0.122. The van der Waals surface area contributed by atoms with Crippen molar-refractivity contribution in [1.29, 1.82) is 0 Å². The van der Waals surface area contributed by atoms with Crippen LogP contribution < -0.4 is 5.32 Å². The summed E-state index contributed by atoms with van der Waals surface area (Å²) < 4.78 is 1.69. The van der Waals surface area contributed by atoms with Gasteiger partial charge in [0.15, 0.2) is 5.65 Å². The molecule has 1 N–H and O–H groups in total. The zero-order valence-corrected chi connectivity index (χ0v) is 17.6. The number of hydrogen-bond acceptors (Lipinski definition) is 5. The van der Waals surface area contributed by atoms with Crippen LogP contribution in [0.5, 0.6) is 0 Å². The molecule has 0 aromatic carbocycles. The summed E-state index contributed by atoms with van der Waals surface area (Å²) in [4.78, 5) is 32.9. The van der Waals surface area contributed by atoms with Crippen LogP contribution in [-0.2, 0) is 11.8 Å². The van der Waals surface area contributed by atoms with Crippen molar-refractivity contribution in [3.8, 4) is 10.6 Å². The predicted octanol–water partition coefficient (Wildman–Crippen LogP) is 2.99. The van der Waals surface area contributed by atoms with Crippen molar-refractivity contribution in [3.63, 3.8) is 0 Å². The second kappa shape index (κ2) is 8.10. The largest absolute Gasteiger partial charge is 0.352 e. The molecule has 0 saturated heterocycles. The highest BCUT2D eigenvalue weighted by Crippen LogP contribution is 2.29. The first-order valence-electron chi connectivity index (χ1n) is 9.28. The maximum atomic E-state index is 13.4. The van der Waals surface area contributed by atoms with Gasteiger partial charge in [-0.3, -0.25) is 14.3 Å². The quantitative estimate of drug-likeness (QED) is 0.691. The molecule has 3 rings (SSSR count). The van der Waals surface area contributed by atoms with E-state index >= 15 is 0 Å². The van der Waals surface area contributed by atoms with E-state index in [9.17, 15) is 9.59 Å². The third kappa shape index (κ3) is 3.91. The van der Waals surface area contributed by atoms with E-state index in [1.807, 2.05) is 58.3 Å². The van der Waals surface area contributed by atoms with E-state index < -0.39 is 0 Å². The van der Waals surface area contributed by atoms with Gasteiger partial charge in [-0.2, -0.15) is 5.10 Å². The molecular weight excluding hydrogens is 374 g/mol. The Labute approximate surface area is 168 Å². The van der Waals surface area contributed by atoms with Gasteiger partial charge < -0.3 is 10.2 Å². The molecular formula is C20H25N5O2S. The van der Waals surface area contributed by atoms with Crippen molar-refractivity contribution in [2.75, 3.05) is 13.1 Å². The van der Waals surface area contributed by atoms with Crippen LogP contribution in [0.3, 0.4) is 0 Å². The van der Waals surface area contributed by atoms with Gasteiger partial charge in [-0.05, 0) is 45.2 Å². The molecule has 8 heteroatoms. The molecule has 28 heavy (non-hydrogen) atoms. The lowest BCUT2D eigenvalue weighted by Crippen LogP contribution is -2.42. The third-order valence-corrected chi connectivity index (χ3v) is 5.32. The SMILES string of the molecule is CCN(CC(=O)NC(C)C)C(=O)c1cc(-c2cccs2)nc2c1c(C)nn2C. The lowest BCUT2D eigenvalue weighted by atomic mass is 10.1. The van der Waals surface area contributed by atoms with Crippen LogP contribution in [-0.4, -0.2) is 50.6 Å². The molecule has 0 bridgehead atoms. The third-order valence-electron chi connectivity index (χ3n) is 4.43. The molecule has 3 aromatic rings. The van der Waals surface area contributed by atoms with E-state index in [-0.39, 0.29) is 24.4 Å². The molecule has 0 fully saturated rings. The first kappa shape index (κ1) is 20.0. The lowest BCUT2D eigenvalue weighted by Gasteiger charge is -2.22. The van der Waals surface area contributed by atoms with Crippen molar-refractivity contribution in [2.45, 2.75) is 33.7 Å². The van der Waals surface area contributed by atoms with Gasteiger partial charge in [-0.25, -0.2) is 4.98 Å². The molecule has 0 aliphatic carbocycles. The topological polar surface area (TPSA) is 80.1 Å². The van der Waals surface area contributed by atoms with Gasteiger partial charge in [0.25, 0.3) is 5.91 Å². The van der Waals surface area contributed by atoms with Crippen molar-refractivity contribution < 1.29 is 9.59 Å². The summed E-state index contributed by atoms with van der Waals surface area (Å²) >= 11 is 1.57. The average Bonchev–Trinajstić information content (AvgIpc) is 3.27. The zero-order chi connectivity index (χ0) is 20.4. The van der Waals surface area contributed by atoms with E-state index in [2.05, 4.69) is 10.4 Å². The van der Waals surface area contributed by atoms with Crippen LogP contribution in [0.1, 0.15) is 36.8 Å². The van der Waals surface area contributed by atoms with Gasteiger partial charge in [0, 0.05) is 19.6 Å². The Morgan fingerprint density at radius 1 is 1.36 bits per heavy atom. The Hall–Kier alpha value is -2.74. The van der Waals surface area contributed by atoms with E-state index in [1.165, 1.54) is 0 Å². The van der Waals surface area contributed by atoms with Crippen molar-refractivity contribution in [1.82, 2.24) is 25.0 Å². The number of pyridine rings is 1. The first-order valence-corrected chi connectivity index (χ1v) is 10.2. The van der Waals surface area contributed by atoms with Crippen LogP contribution in [0.25, 0.3) is 21.6 Å². The van der Waals surface area contributed by atoms with E-state index in [0.717, 1.165) is 21.7 Å². The smallest absolute Gasteiger partial charge is 0.255 e. The number of hydrogen-bond donors (Lipinski definition) is 1. The number of amides is 2. The molecule has 7 nitrogen and oxygen atoms in total. The summed E-state index contributed by atoms with van der Waals surface area (Å²) in [5.74, 6) is -0.361. The van der Waals surface area contributed by atoms with Crippen molar-refractivity contribution in [2.24, 2.45) is 7.05 Å². The second-order valence-electron chi connectivity index (χ2n) is 6.98.